The molecule has 31 heavy (non-hydrogen) atoms. The minimum absolute atomic E-state index is 0.170. The van der Waals surface area contributed by atoms with Crippen LogP contribution in [0.5, 0.6) is 0 Å². The molecule has 0 spiro atoms. The first-order valence-electron chi connectivity index (χ1n) is 9.92. The molecular formula is C23H23N5O3. The smallest absolute Gasteiger partial charge is 0.322 e. The molecule has 2 aromatic carbocycles. The molecule has 1 aliphatic rings. The van der Waals surface area contributed by atoms with Crippen LogP contribution in [0, 0.1) is 13.8 Å². The van der Waals surface area contributed by atoms with Gasteiger partial charge in [0.1, 0.15) is 5.54 Å². The van der Waals surface area contributed by atoms with Crippen LogP contribution in [-0.4, -0.2) is 27.6 Å². The summed E-state index contributed by atoms with van der Waals surface area (Å²) >= 11 is 0. The van der Waals surface area contributed by atoms with Crippen molar-refractivity contribution in [3.63, 3.8) is 0 Å². The number of amides is 4. The number of nitrogens with one attached hydrogen (secondary N) is 3. The van der Waals surface area contributed by atoms with Gasteiger partial charge in [0.2, 0.25) is 5.91 Å². The largest absolute Gasteiger partial charge is 0.326 e. The van der Waals surface area contributed by atoms with E-state index in [9.17, 15) is 14.4 Å². The Bertz CT molecular complexity index is 1190. The molecule has 1 aliphatic heterocycles. The Morgan fingerprint density at radius 3 is 2.52 bits per heavy atom. The van der Waals surface area contributed by atoms with Gasteiger partial charge in [-0.3, -0.25) is 14.9 Å². The lowest BCUT2D eigenvalue weighted by Crippen LogP contribution is -2.40. The van der Waals surface area contributed by atoms with E-state index in [4.69, 9.17) is 0 Å². The van der Waals surface area contributed by atoms with E-state index < -0.39 is 17.5 Å². The lowest BCUT2D eigenvalue weighted by molar-refractivity contribution is -0.123. The Kier molecular flexibility index (Phi) is 5.06. The van der Waals surface area contributed by atoms with E-state index in [1.807, 2.05) is 48.9 Å². The van der Waals surface area contributed by atoms with E-state index in [1.165, 1.54) is 0 Å². The maximum absolute atomic E-state index is 12.8. The van der Waals surface area contributed by atoms with Crippen molar-refractivity contribution in [2.75, 3.05) is 5.32 Å². The number of urea groups is 1. The second kappa shape index (κ2) is 7.71. The van der Waals surface area contributed by atoms with Gasteiger partial charge in [0.25, 0.3) is 5.91 Å². The third-order valence-corrected chi connectivity index (χ3v) is 5.55. The van der Waals surface area contributed by atoms with Crippen molar-refractivity contribution in [3.8, 4) is 5.69 Å². The molecule has 8 nitrogen and oxygen atoms in total. The van der Waals surface area contributed by atoms with Crippen molar-refractivity contribution >= 4 is 23.5 Å². The predicted molar refractivity (Wildman–Crippen MR) is 116 cm³/mol. The van der Waals surface area contributed by atoms with Gasteiger partial charge in [-0.25, -0.2) is 9.48 Å². The fourth-order valence-corrected chi connectivity index (χ4v) is 3.77. The molecule has 0 bridgehead atoms. The van der Waals surface area contributed by atoms with Gasteiger partial charge < -0.3 is 10.6 Å². The number of anilines is 1. The number of imide groups is 1. The molecule has 1 aromatic heterocycles. The Hall–Kier alpha value is -3.94. The molecule has 0 radical (unpaired) electrons. The topological polar surface area (TPSA) is 105 Å². The van der Waals surface area contributed by atoms with Gasteiger partial charge in [0, 0.05) is 16.9 Å². The minimum Gasteiger partial charge on any atom is -0.326 e. The number of para-hydroxylation sites is 1. The van der Waals surface area contributed by atoms with Gasteiger partial charge in [-0.2, -0.15) is 5.10 Å². The Morgan fingerprint density at radius 1 is 1.10 bits per heavy atom. The minimum atomic E-state index is -1.18. The zero-order chi connectivity index (χ0) is 22.2. The van der Waals surface area contributed by atoms with E-state index >= 15 is 0 Å². The molecule has 3 aromatic rings. The first-order chi connectivity index (χ1) is 14.8. The van der Waals surface area contributed by atoms with Crippen LogP contribution < -0.4 is 16.0 Å². The van der Waals surface area contributed by atoms with Crippen molar-refractivity contribution in [1.29, 1.82) is 0 Å². The van der Waals surface area contributed by atoms with Gasteiger partial charge >= 0.3 is 6.03 Å². The van der Waals surface area contributed by atoms with Crippen molar-refractivity contribution in [3.05, 3.63) is 77.1 Å². The van der Waals surface area contributed by atoms with Crippen LogP contribution in [-0.2, 0) is 21.5 Å². The van der Waals surface area contributed by atoms with Gasteiger partial charge in [-0.05, 0) is 50.6 Å². The van der Waals surface area contributed by atoms with E-state index in [0.717, 1.165) is 22.6 Å². The summed E-state index contributed by atoms with van der Waals surface area (Å²) < 4.78 is 1.83. The molecule has 3 N–H and O–H groups in total. The number of nitrogens with zero attached hydrogens (tertiary/aromatic N) is 2. The van der Waals surface area contributed by atoms with Crippen LogP contribution >= 0.6 is 0 Å². The molecular weight excluding hydrogens is 394 g/mol. The zero-order valence-corrected chi connectivity index (χ0v) is 17.5. The molecule has 1 fully saturated rings. The first kappa shape index (κ1) is 20.3. The number of hydrogen-bond acceptors (Lipinski definition) is 4. The summed E-state index contributed by atoms with van der Waals surface area (Å²) in [6.45, 7) is 5.45. The molecule has 1 atom stereocenters. The highest BCUT2D eigenvalue weighted by Crippen LogP contribution is 2.27. The van der Waals surface area contributed by atoms with Crippen molar-refractivity contribution < 1.29 is 14.4 Å². The van der Waals surface area contributed by atoms with Gasteiger partial charge in [0.05, 0.1) is 17.8 Å². The SMILES string of the molecule is Cc1nn(-c2ccccc2)c(C)c1CC(=O)Nc1cccc(C2(C)NC(=O)NC2=O)c1. The standard InChI is InChI=1S/C23H23N5O3/c1-14-19(15(2)28(27-14)18-10-5-4-6-11-18)13-20(29)24-17-9-7-8-16(12-17)23(3)21(30)25-22(31)26-23/h4-12H,13H2,1-3H3,(H,24,29)(H2,25,26,30,31). The molecule has 4 rings (SSSR count). The highest BCUT2D eigenvalue weighted by Gasteiger charge is 2.43. The van der Waals surface area contributed by atoms with Crippen LogP contribution in [0.15, 0.2) is 54.6 Å². The van der Waals surface area contributed by atoms with Gasteiger partial charge in [-0.15, -0.1) is 0 Å². The number of hydrogen-bond donors (Lipinski definition) is 3. The van der Waals surface area contributed by atoms with Crippen molar-refractivity contribution in [2.45, 2.75) is 32.7 Å². The zero-order valence-electron chi connectivity index (χ0n) is 17.5. The van der Waals surface area contributed by atoms with Crippen molar-refractivity contribution in [1.82, 2.24) is 20.4 Å². The van der Waals surface area contributed by atoms with Gasteiger partial charge in [-0.1, -0.05) is 30.3 Å². The number of rotatable bonds is 5. The average Bonchev–Trinajstić information content (AvgIpc) is 3.18. The fourth-order valence-electron chi connectivity index (χ4n) is 3.77. The highest BCUT2D eigenvalue weighted by atomic mass is 16.2. The first-order valence-corrected chi connectivity index (χ1v) is 9.92. The quantitative estimate of drug-likeness (QED) is 0.555. The summed E-state index contributed by atoms with van der Waals surface area (Å²) in [7, 11) is 0. The highest BCUT2D eigenvalue weighted by molar-refractivity contribution is 6.07. The van der Waals surface area contributed by atoms with Crippen LogP contribution in [0.4, 0.5) is 10.5 Å². The summed E-state index contributed by atoms with van der Waals surface area (Å²) in [5.41, 5.74) is 3.45. The predicted octanol–water partition coefficient (Wildman–Crippen LogP) is 2.72. The molecule has 0 aliphatic carbocycles. The number of aryl methyl sites for hydroxylation is 1. The van der Waals surface area contributed by atoms with Crippen LogP contribution in [0.25, 0.3) is 5.69 Å². The molecule has 8 heteroatoms. The Balaban J connectivity index is 1.52. The van der Waals surface area contributed by atoms with Crippen molar-refractivity contribution in [2.24, 2.45) is 0 Å². The number of benzene rings is 2. The van der Waals surface area contributed by atoms with E-state index in [0.29, 0.717) is 11.3 Å². The lowest BCUT2D eigenvalue weighted by atomic mass is 9.92. The summed E-state index contributed by atoms with van der Waals surface area (Å²) in [4.78, 5) is 36.5. The maximum Gasteiger partial charge on any atom is 0.322 e. The van der Waals surface area contributed by atoms with E-state index in [1.54, 1.807) is 31.2 Å². The lowest BCUT2D eigenvalue weighted by Gasteiger charge is -2.21. The number of carbonyl (C=O) groups is 3. The third kappa shape index (κ3) is 3.79. The monoisotopic (exact) mass is 417 g/mol. The molecule has 0 saturated carbocycles. The van der Waals surface area contributed by atoms with Crippen LogP contribution in [0.3, 0.4) is 0 Å². The normalized spacial score (nSPS) is 17.9. The third-order valence-electron chi connectivity index (χ3n) is 5.55. The Morgan fingerprint density at radius 2 is 1.84 bits per heavy atom. The average molecular weight is 417 g/mol. The fraction of sp³-hybridized carbons (Fsp3) is 0.217. The summed E-state index contributed by atoms with van der Waals surface area (Å²) in [5.74, 6) is -0.624. The number of carbonyl (C=O) groups excluding carboxylic acids is 3. The molecule has 1 saturated heterocycles. The van der Waals surface area contributed by atoms with Crippen LogP contribution in [0.1, 0.15) is 29.4 Å². The second-order valence-electron chi connectivity index (χ2n) is 7.74. The summed E-state index contributed by atoms with van der Waals surface area (Å²) in [5, 5.41) is 12.3. The number of aromatic nitrogens is 2. The Labute approximate surface area is 179 Å². The summed E-state index contributed by atoms with van der Waals surface area (Å²) in [6, 6.07) is 16.1. The molecule has 2 heterocycles. The maximum atomic E-state index is 12.8. The van der Waals surface area contributed by atoms with Gasteiger partial charge in [0.15, 0.2) is 0 Å². The molecule has 158 valence electrons. The summed E-state index contributed by atoms with van der Waals surface area (Å²) in [6.07, 6.45) is 0.170. The van der Waals surface area contributed by atoms with E-state index in [-0.39, 0.29) is 12.3 Å². The second-order valence-corrected chi connectivity index (χ2v) is 7.74. The van der Waals surface area contributed by atoms with E-state index in [2.05, 4.69) is 21.0 Å². The van der Waals surface area contributed by atoms with Crippen LogP contribution in [0.2, 0.25) is 0 Å². The molecule has 4 amide bonds. The molecule has 1 unspecified atom stereocenters.